The van der Waals surface area contributed by atoms with E-state index in [4.69, 9.17) is 0 Å². The number of H-pyrrole nitrogens is 1. The number of fused-ring (bicyclic) bond motifs is 1. The van der Waals surface area contributed by atoms with E-state index in [9.17, 15) is 19.1 Å². The maximum atomic E-state index is 13.4. The van der Waals surface area contributed by atoms with Crippen LogP contribution >= 0.6 is 0 Å². The summed E-state index contributed by atoms with van der Waals surface area (Å²) in [4.78, 5) is 27.0. The highest BCUT2D eigenvalue weighted by Crippen LogP contribution is 2.25. The van der Waals surface area contributed by atoms with Crippen LogP contribution in [0.1, 0.15) is 23.8 Å². The molecule has 0 saturated heterocycles. The van der Waals surface area contributed by atoms with Gasteiger partial charge in [0.05, 0.1) is 0 Å². The van der Waals surface area contributed by atoms with E-state index in [-0.39, 0.29) is 17.9 Å². The van der Waals surface area contributed by atoms with Gasteiger partial charge in [-0.15, -0.1) is 0 Å². The van der Waals surface area contributed by atoms with Crippen LogP contribution in [0.15, 0.2) is 48.5 Å². The molecule has 7 heteroatoms. The van der Waals surface area contributed by atoms with Crippen molar-refractivity contribution in [3.63, 3.8) is 0 Å². The number of amides is 2. The summed E-state index contributed by atoms with van der Waals surface area (Å²) in [6.07, 6.45) is -1.48. The smallest absolute Gasteiger partial charge is 0.272 e. The Morgan fingerprint density at radius 2 is 1.81 bits per heavy atom. The summed E-state index contributed by atoms with van der Waals surface area (Å²) in [7, 11) is 0. The molecule has 0 spiro atoms. The molecule has 26 heavy (non-hydrogen) atoms. The zero-order valence-corrected chi connectivity index (χ0v) is 14.0. The van der Waals surface area contributed by atoms with Crippen LogP contribution < -0.4 is 10.6 Å². The second-order valence-corrected chi connectivity index (χ2v) is 5.82. The minimum absolute atomic E-state index is 0.0826. The molecule has 6 nitrogen and oxygen atoms in total. The van der Waals surface area contributed by atoms with Crippen molar-refractivity contribution in [2.75, 3.05) is 10.6 Å². The average molecular weight is 355 g/mol. The second kappa shape index (κ2) is 7.26. The molecule has 3 rings (SSSR count). The first-order valence-corrected chi connectivity index (χ1v) is 8.15. The summed E-state index contributed by atoms with van der Waals surface area (Å²) >= 11 is 0. The lowest BCUT2D eigenvalue weighted by Crippen LogP contribution is -2.23. The first-order valence-electron chi connectivity index (χ1n) is 8.15. The average Bonchev–Trinajstić information content (AvgIpc) is 3.07. The van der Waals surface area contributed by atoms with Crippen molar-refractivity contribution in [3.8, 4) is 5.75 Å². The van der Waals surface area contributed by atoms with Gasteiger partial charge < -0.3 is 20.7 Å². The van der Waals surface area contributed by atoms with Gasteiger partial charge in [-0.1, -0.05) is 19.1 Å². The van der Waals surface area contributed by atoms with Gasteiger partial charge in [-0.3, -0.25) is 9.59 Å². The van der Waals surface area contributed by atoms with Crippen LogP contribution in [0.2, 0.25) is 0 Å². The van der Waals surface area contributed by atoms with Crippen molar-refractivity contribution >= 4 is 34.1 Å². The number of aromatic amines is 1. The van der Waals surface area contributed by atoms with Gasteiger partial charge in [-0.25, -0.2) is 4.39 Å². The van der Waals surface area contributed by atoms with Crippen LogP contribution in [0.3, 0.4) is 0 Å². The van der Waals surface area contributed by atoms with Crippen LogP contribution in [0.4, 0.5) is 15.8 Å². The van der Waals surface area contributed by atoms with Crippen LogP contribution in [0.5, 0.6) is 5.75 Å². The lowest BCUT2D eigenvalue weighted by Gasteiger charge is -2.10. The van der Waals surface area contributed by atoms with Gasteiger partial charge in [-0.2, -0.15) is 0 Å². The van der Waals surface area contributed by atoms with E-state index < -0.39 is 18.0 Å². The van der Waals surface area contributed by atoms with E-state index in [2.05, 4.69) is 15.6 Å². The number of nitrogens with one attached hydrogen (secondary N) is 3. The number of carbonyl (C=O) groups excluding carboxylic acids is 2. The molecule has 1 unspecified atom stereocenters. The van der Waals surface area contributed by atoms with Crippen molar-refractivity contribution in [1.82, 2.24) is 4.98 Å². The Labute approximate surface area is 149 Å². The predicted octanol–water partition coefficient (Wildman–Crippen LogP) is 3.81. The molecule has 0 aliphatic carbocycles. The fourth-order valence-corrected chi connectivity index (χ4v) is 2.54. The normalized spacial score (nSPS) is 11.9. The molecule has 1 atom stereocenters. The van der Waals surface area contributed by atoms with Crippen LogP contribution in [-0.2, 0) is 4.79 Å². The molecule has 0 aliphatic rings. The number of alkyl halides is 1. The Balaban J connectivity index is 1.75. The largest absolute Gasteiger partial charge is 0.507 e. The molecule has 134 valence electrons. The monoisotopic (exact) mass is 355 g/mol. The van der Waals surface area contributed by atoms with E-state index >= 15 is 0 Å². The number of carbonyl (C=O) groups is 2. The van der Waals surface area contributed by atoms with E-state index in [1.807, 2.05) is 0 Å². The van der Waals surface area contributed by atoms with Crippen molar-refractivity contribution in [2.24, 2.45) is 0 Å². The number of phenolic OH excluding ortho intramolecular Hbond substituents is 1. The number of aromatic hydroxyl groups is 1. The van der Waals surface area contributed by atoms with Gasteiger partial charge >= 0.3 is 0 Å². The fourth-order valence-electron chi connectivity index (χ4n) is 2.54. The van der Waals surface area contributed by atoms with E-state index in [1.165, 1.54) is 6.07 Å². The summed E-state index contributed by atoms with van der Waals surface area (Å²) in [6, 6.07) is 13.0. The predicted molar refractivity (Wildman–Crippen MR) is 98.2 cm³/mol. The van der Waals surface area contributed by atoms with Crippen molar-refractivity contribution in [1.29, 1.82) is 0 Å². The molecule has 0 saturated carbocycles. The molecule has 3 aromatic rings. The summed E-state index contributed by atoms with van der Waals surface area (Å²) in [5, 5.41) is 15.5. The highest BCUT2D eigenvalue weighted by atomic mass is 19.1. The SMILES string of the molecule is CCC(F)C(=O)Nc1cccc(NC(=O)c2cc3c(O)cccc3[nH]2)c1. The molecular formula is C19H18FN3O3. The molecule has 0 aliphatic heterocycles. The lowest BCUT2D eigenvalue weighted by atomic mass is 10.2. The first-order chi connectivity index (χ1) is 12.5. The van der Waals surface area contributed by atoms with Gasteiger partial charge in [0.2, 0.25) is 0 Å². The third-order valence-electron chi connectivity index (χ3n) is 3.92. The third kappa shape index (κ3) is 3.66. The Bertz CT molecular complexity index is 968. The fraction of sp³-hybridized carbons (Fsp3) is 0.158. The third-order valence-corrected chi connectivity index (χ3v) is 3.92. The summed E-state index contributed by atoms with van der Waals surface area (Å²) < 4.78 is 13.4. The highest BCUT2D eigenvalue weighted by Gasteiger charge is 2.15. The number of phenols is 1. The van der Waals surface area contributed by atoms with Gasteiger partial charge in [-0.05, 0) is 42.8 Å². The van der Waals surface area contributed by atoms with E-state index in [1.54, 1.807) is 49.4 Å². The number of halogens is 1. The van der Waals surface area contributed by atoms with Gasteiger partial charge in [0.25, 0.3) is 11.8 Å². The second-order valence-electron chi connectivity index (χ2n) is 5.82. The number of aromatic nitrogens is 1. The molecular weight excluding hydrogens is 337 g/mol. The topological polar surface area (TPSA) is 94.2 Å². The number of anilines is 2. The molecule has 4 N–H and O–H groups in total. The number of hydrogen-bond acceptors (Lipinski definition) is 3. The van der Waals surface area contributed by atoms with Crippen molar-refractivity contribution in [3.05, 3.63) is 54.2 Å². The number of hydrogen-bond donors (Lipinski definition) is 4. The molecule has 0 radical (unpaired) electrons. The maximum Gasteiger partial charge on any atom is 0.272 e. The summed E-state index contributed by atoms with van der Waals surface area (Å²) in [5.74, 6) is -1.04. The summed E-state index contributed by atoms with van der Waals surface area (Å²) in [5.41, 5.74) is 1.76. The Morgan fingerprint density at radius 3 is 2.50 bits per heavy atom. The number of benzene rings is 2. The van der Waals surface area contributed by atoms with E-state index in [0.717, 1.165) is 0 Å². The molecule has 1 heterocycles. The van der Waals surface area contributed by atoms with Crippen LogP contribution in [0.25, 0.3) is 10.9 Å². The Morgan fingerprint density at radius 1 is 1.12 bits per heavy atom. The Kier molecular flexibility index (Phi) is 4.88. The van der Waals surface area contributed by atoms with Gasteiger partial charge in [0, 0.05) is 22.3 Å². The highest BCUT2D eigenvalue weighted by molar-refractivity contribution is 6.07. The minimum Gasteiger partial charge on any atom is -0.507 e. The van der Waals surface area contributed by atoms with Crippen molar-refractivity contribution < 1.29 is 19.1 Å². The molecule has 1 aromatic heterocycles. The molecule has 2 aromatic carbocycles. The lowest BCUT2D eigenvalue weighted by molar-refractivity contribution is -0.120. The number of rotatable bonds is 5. The zero-order valence-electron chi connectivity index (χ0n) is 14.0. The quantitative estimate of drug-likeness (QED) is 0.560. The summed E-state index contributed by atoms with van der Waals surface area (Å²) in [6.45, 7) is 1.58. The van der Waals surface area contributed by atoms with Crippen LogP contribution in [-0.4, -0.2) is 28.1 Å². The molecule has 2 amide bonds. The standard InChI is InChI=1S/C19H18FN3O3/c1-2-14(20)18(25)21-11-5-3-6-12(9-11)22-19(26)16-10-13-15(23-16)7-4-8-17(13)24/h3-10,14,23-24H,2H2,1H3,(H,21,25)(H,22,26). The van der Waals surface area contributed by atoms with Gasteiger partial charge in [0.15, 0.2) is 6.17 Å². The molecule has 0 fully saturated rings. The minimum atomic E-state index is -1.58. The molecule has 0 bridgehead atoms. The van der Waals surface area contributed by atoms with Crippen LogP contribution in [0, 0.1) is 0 Å². The van der Waals surface area contributed by atoms with E-state index in [0.29, 0.717) is 22.3 Å². The van der Waals surface area contributed by atoms with Gasteiger partial charge in [0.1, 0.15) is 11.4 Å². The maximum absolute atomic E-state index is 13.4. The Hall–Kier alpha value is -3.35. The zero-order chi connectivity index (χ0) is 18.7. The van der Waals surface area contributed by atoms with Crippen molar-refractivity contribution in [2.45, 2.75) is 19.5 Å². The first kappa shape index (κ1) is 17.5.